The van der Waals surface area contributed by atoms with Gasteiger partial charge in [0.15, 0.2) is 0 Å². The molecule has 0 spiro atoms. The number of aromatic nitrogens is 1. The molecule has 0 atom stereocenters. The van der Waals surface area contributed by atoms with Crippen molar-refractivity contribution in [2.45, 2.75) is 26.7 Å². The summed E-state index contributed by atoms with van der Waals surface area (Å²) in [6.45, 7) is 4.27. The minimum Gasteiger partial charge on any atom is -0.497 e. The van der Waals surface area contributed by atoms with Crippen LogP contribution in [0.4, 0.5) is 0 Å². The molecule has 0 N–H and O–H groups in total. The number of hydrogen-bond donors (Lipinski definition) is 0. The van der Waals surface area contributed by atoms with Crippen LogP contribution in [0.2, 0.25) is 0 Å². The van der Waals surface area contributed by atoms with Crippen LogP contribution in [0.5, 0.6) is 5.75 Å². The van der Waals surface area contributed by atoms with Crippen molar-refractivity contribution < 1.29 is 4.74 Å². The van der Waals surface area contributed by atoms with Gasteiger partial charge in [-0.2, -0.15) is 0 Å². The van der Waals surface area contributed by atoms with Gasteiger partial charge in [0, 0.05) is 10.4 Å². The smallest absolute Gasteiger partial charge is 0.118 e. The predicted molar refractivity (Wildman–Crippen MR) is 72.8 cm³/mol. The first-order valence-corrected chi connectivity index (χ1v) is 6.67. The zero-order chi connectivity index (χ0) is 12.3. The second-order valence-electron chi connectivity index (χ2n) is 3.98. The maximum atomic E-state index is 5.17. The number of benzene rings is 1. The van der Waals surface area contributed by atoms with Crippen molar-refractivity contribution in [3.8, 4) is 17.0 Å². The van der Waals surface area contributed by atoms with Gasteiger partial charge in [-0.25, -0.2) is 4.98 Å². The van der Waals surface area contributed by atoms with Crippen LogP contribution in [0.15, 0.2) is 24.3 Å². The normalized spacial score (nSPS) is 10.5. The van der Waals surface area contributed by atoms with Crippen LogP contribution in [0, 0.1) is 6.92 Å². The van der Waals surface area contributed by atoms with E-state index in [1.165, 1.54) is 10.4 Å². The third kappa shape index (κ3) is 2.67. The zero-order valence-electron chi connectivity index (χ0n) is 10.5. The molecule has 0 unspecified atom stereocenters. The van der Waals surface area contributed by atoms with Crippen molar-refractivity contribution in [2.24, 2.45) is 0 Å². The van der Waals surface area contributed by atoms with Crippen LogP contribution >= 0.6 is 11.3 Å². The second kappa shape index (κ2) is 5.32. The molecule has 2 nitrogen and oxygen atoms in total. The van der Waals surface area contributed by atoms with E-state index in [0.717, 1.165) is 29.3 Å². The number of nitrogens with zero attached hydrogens (tertiary/aromatic N) is 1. The summed E-state index contributed by atoms with van der Waals surface area (Å²) in [4.78, 5) is 6.02. The Morgan fingerprint density at radius 1 is 1.24 bits per heavy atom. The monoisotopic (exact) mass is 247 g/mol. The molecule has 0 saturated heterocycles. The van der Waals surface area contributed by atoms with Gasteiger partial charge in [0.25, 0.3) is 0 Å². The van der Waals surface area contributed by atoms with E-state index in [1.54, 1.807) is 18.4 Å². The molecular weight excluding hydrogens is 230 g/mol. The van der Waals surface area contributed by atoms with E-state index in [2.05, 4.69) is 31.0 Å². The highest BCUT2D eigenvalue weighted by Gasteiger charge is 2.10. The van der Waals surface area contributed by atoms with Gasteiger partial charge < -0.3 is 4.74 Å². The standard InChI is InChI=1S/C14H17NOS/c1-4-5-13-14(15-10(2)17-13)11-6-8-12(16-3)9-7-11/h6-9H,4-5H2,1-3H3. The highest BCUT2D eigenvalue weighted by molar-refractivity contribution is 7.12. The lowest BCUT2D eigenvalue weighted by Gasteiger charge is -2.03. The summed E-state index contributed by atoms with van der Waals surface area (Å²) in [5.74, 6) is 0.887. The Balaban J connectivity index is 2.37. The molecule has 0 fully saturated rings. The first-order valence-electron chi connectivity index (χ1n) is 5.85. The van der Waals surface area contributed by atoms with Crippen LogP contribution in [-0.4, -0.2) is 12.1 Å². The van der Waals surface area contributed by atoms with Crippen LogP contribution in [-0.2, 0) is 6.42 Å². The van der Waals surface area contributed by atoms with Gasteiger partial charge in [-0.1, -0.05) is 13.3 Å². The van der Waals surface area contributed by atoms with Crippen LogP contribution in [0.25, 0.3) is 11.3 Å². The Kier molecular flexibility index (Phi) is 3.79. The summed E-state index contributed by atoms with van der Waals surface area (Å²) >= 11 is 1.80. The molecule has 2 rings (SSSR count). The van der Waals surface area contributed by atoms with Crippen molar-refractivity contribution in [1.82, 2.24) is 4.98 Å². The molecule has 90 valence electrons. The molecule has 1 aromatic heterocycles. The minimum atomic E-state index is 0.887. The average Bonchev–Trinajstić information content (AvgIpc) is 2.71. The molecule has 0 bridgehead atoms. The van der Waals surface area contributed by atoms with E-state index in [0.29, 0.717) is 0 Å². The predicted octanol–water partition coefficient (Wildman–Crippen LogP) is 4.08. The third-order valence-electron chi connectivity index (χ3n) is 2.64. The fraction of sp³-hybridized carbons (Fsp3) is 0.357. The van der Waals surface area contributed by atoms with Gasteiger partial charge in [-0.3, -0.25) is 0 Å². The third-order valence-corrected chi connectivity index (χ3v) is 3.68. The van der Waals surface area contributed by atoms with E-state index < -0.39 is 0 Å². The van der Waals surface area contributed by atoms with Crippen molar-refractivity contribution in [1.29, 1.82) is 0 Å². The lowest BCUT2D eigenvalue weighted by Crippen LogP contribution is -1.87. The number of methoxy groups -OCH3 is 1. The molecule has 0 aliphatic heterocycles. The topological polar surface area (TPSA) is 22.1 Å². The molecule has 2 aromatic rings. The van der Waals surface area contributed by atoms with Gasteiger partial charge in [0.2, 0.25) is 0 Å². The Labute approximate surface area is 106 Å². The van der Waals surface area contributed by atoms with E-state index in [9.17, 15) is 0 Å². The molecule has 0 aliphatic rings. The Morgan fingerprint density at radius 2 is 1.94 bits per heavy atom. The lowest BCUT2D eigenvalue weighted by atomic mass is 10.1. The fourth-order valence-electron chi connectivity index (χ4n) is 1.84. The first kappa shape index (κ1) is 12.1. The van der Waals surface area contributed by atoms with Gasteiger partial charge >= 0.3 is 0 Å². The highest BCUT2D eigenvalue weighted by Crippen LogP contribution is 2.30. The van der Waals surface area contributed by atoms with Crippen LogP contribution < -0.4 is 4.74 Å². The van der Waals surface area contributed by atoms with E-state index in [4.69, 9.17) is 4.74 Å². The number of rotatable bonds is 4. The maximum absolute atomic E-state index is 5.17. The molecular formula is C14H17NOS. The molecule has 0 saturated carbocycles. The second-order valence-corrected chi connectivity index (χ2v) is 5.27. The van der Waals surface area contributed by atoms with E-state index >= 15 is 0 Å². The van der Waals surface area contributed by atoms with Gasteiger partial charge in [0.05, 0.1) is 17.8 Å². The molecule has 0 radical (unpaired) electrons. The van der Waals surface area contributed by atoms with Crippen LogP contribution in [0.3, 0.4) is 0 Å². The first-order chi connectivity index (χ1) is 8.24. The van der Waals surface area contributed by atoms with Crippen LogP contribution in [0.1, 0.15) is 23.2 Å². The summed E-state index contributed by atoms with van der Waals surface area (Å²) < 4.78 is 5.17. The van der Waals surface area contributed by atoms with Gasteiger partial charge in [0.1, 0.15) is 5.75 Å². The SMILES string of the molecule is CCCc1sc(C)nc1-c1ccc(OC)cc1. The van der Waals surface area contributed by atoms with Crippen molar-refractivity contribution in [2.75, 3.05) is 7.11 Å². The van der Waals surface area contributed by atoms with Crippen molar-refractivity contribution in [3.05, 3.63) is 34.2 Å². The number of aryl methyl sites for hydroxylation is 2. The Morgan fingerprint density at radius 3 is 2.53 bits per heavy atom. The average molecular weight is 247 g/mol. The Hall–Kier alpha value is -1.35. The quantitative estimate of drug-likeness (QED) is 0.812. The molecule has 1 heterocycles. The van der Waals surface area contributed by atoms with E-state index in [-0.39, 0.29) is 0 Å². The number of ether oxygens (including phenoxy) is 1. The molecule has 0 aliphatic carbocycles. The lowest BCUT2D eigenvalue weighted by molar-refractivity contribution is 0.415. The largest absolute Gasteiger partial charge is 0.497 e. The summed E-state index contributed by atoms with van der Waals surface area (Å²) in [5, 5.41) is 1.14. The fourth-order valence-corrected chi connectivity index (χ4v) is 2.90. The number of thiazole rings is 1. The molecule has 3 heteroatoms. The van der Waals surface area contributed by atoms with Gasteiger partial charge in [-0.15, -0.1) is 11.3 Å². The summed E-state index contributed by atoms with van der Waals surface area (Å²) in [7, 11) is 1.69. The van der Waals surface area contributed by atoms with E-state index in [1.807, 2.05) is 12.1 Å². The number of hydrogen-bond acceptors (Lipinski definition) is 3. The molecule has 1 aromatic carbocycles. The zero-order valence-corrected chi connectivity index (χ0v) is 11.3. The Bertz CT molecular complexity index is 487. The summed E-state index contributed by atoms with van der Waals surface area (Å²) in [5.41, 5.74) is 2.32. The van der Waals surface area contributed by atoms with Gasteiger partial charge in [-0.05, 0) is 37.6 Å². The highest BCUT2D eigenvalue weighted by atomic mass is 32.1. The summed E-state index contributed by atoms with van der Waals surface area (Å²) in [6, 6.07) is 8.12. The maximum Gasteiger partial charge on any atom is 0.118 e. The van der Waals surface area contributed by atoms with Crippen molar-refractivity contribution in [3.63, 3.8) is 0 Å². The summed E-state index contributed by atoms with van der Waals surface area (Å²) in [6.07, 6.45) is 2.26. The molecule has 17 heavy (non-hydrogen) atoms. The minimum absolute atomic E-state index is 0.887. The molecule has 0 amide bonds. The van der Waals surface area contributed by atoms with Crippen molar-refractivity contribution >= 4 is 11.3 Å².